The van der Waals surface area contributed by atoms with Crippen LogP contribution in [0.15, 0.2) is 64.5 Å². The molecule has 0 aliphatic carbocycles. The van der Waals surface area contributed by atoms with E-state index in [1.54, 1.807) is 46.0 Å². The molecule has 0 saturated heterocycles. The summed E-state index contributed by atoms with van der Waals surface area (Å²) >= 11 is 0. The average Bonchev–Trinajstić information content (AvgIpc) is 3.38. The lowest BCUT2D eigenvalue weighted by Crippen LogP contribution is -2.12. The fourth-order valence-electron chi connectivity index (χ4n) is 3.19. The van der Waals surface area contributed by atoms with Crippen LogP contribution in [0.1, 0.15) is 38.2 Å². The molecule has 0 aliphatic rings. The maximum absolute atomic E-state index is 11.9. The Morgan fingerprint density at radius 2 is 1.29 bits per heavy atom. The molecule has 2 heterocycles. The first-order valence-corrected chi connectivity index (χ1v) is 13.4. The lowest BCUT2D eigenvalue weighted by Gasteiger charge is -2.08. The summed E-state index contributed by atoms with van der Waals surface area (Å²) in [6, 6.07) is 12.3. The lowest BCUT2D eigenvalue weighted by molar-refractivity contribution is 0.0691. The Labute approximate surface area is 203 Å². The highest BCUT2D eigenvalue weighted by Gasteiger charge is 2.19. The van der Waals surface area contributed by atoms with Crippen LogP contribution >= 0.6 is 0 Å². The molecule has 0 aliphatic heterocycles. The molecule has 188 valence electrons. The first kappa shape index (κ1) is 26.4. The van der Waals surface area contributed by atoms with Gasteiger partial charge in [-0.3, -0.25) is 8.37 Å². The molecule has 4 rings (SSSR count). The second kappa shape index (κ2) is 10.2. The van der Waals surface area contributed by atoms with E-state index in [0.29, 0.717) is 10.9 Å². The van der Waals surface area contributed by atoms with Crippen LogP contribution in [0.4, 0.5) is 0 Å². The predicted octanol–water partition coefficient (Wildman–Crippen LogP) is 4.26. The van der Waals surface area contributed by atoms with Gasteiger partial charge in [-0.25, -0.2) is 4.79 Å². The van der Waals surface area contributed by atoms with Gasteiger partial charge in [-0.15, -0.1) is 0 Å². The number of H-pyrrole nitrogens is 2. The quantitative estimate of drug-likeness (QED) is 0.304. The van der Waals surface area contributed by atoms with Gasteiger partial charge in [0.05, 0.1) is 22.0 Å². The summed E-state index contributed by atoms with van der Waals surface area (Å²) in [5, 5.41) is 10.2. The van der Waals surface area contributed by atoms with Crippen LogP contribution in [0.2, 0.25) is 0 Å². The Morgan fingerprint density at radius 3 is 1.80 bits per heavy atom. The summed E-state index contributed by atoms with van der Waals surface area (Å²) < 4.78 is 57.1. The molecular formula is C23H26N2O8S2. The summed E-state index contributed by atoms with van der Waals surface area (Å²) in [7, 11) is -7.47. The Morgan fingerprint density at radius 1 is 0.771 bits per heavy atom. The number of hydrogen-bond acceptors (Lipinski definition) is 7. The highest BCUT2D eigenvalue weighted by atomic mass is 32.2. The Hall–Kier alpha value is -3.19. The zero-order valence-corrected chi connectivity index (χ0v) is 21.1. The van der Waals surface area contributed by atoms with Crippen molar-refractivity contribution in [1.82, 2.24) is 9.97 Å². The van der Waals surface area contributed by atoms with E-state index < -0.39 is 32.3 Å². The fourth-order valence-corrected chi connectivity index (χ4v) is 5.43. The van der Waals surface area contributed by atoms with Crippen molar-refractivity contribution in [3.63, 3.8) is 0 Å². The first-order chi connectivity index (χ1) is 16.3. The van der Waals surface area contributed by atoms with Crippen molar-refractivity contribution in [2.45, 2.75) is 49.7 Å². The number of aromatic amines is 2. The maximum atomic E-state index is 11.9. The molecular weight excluding hydrogens is 496 g/mol. The normalized spacial score (nSPS) is 12.3. The second-order valence-corrected chi connectivity index (χ2v) is 11.3. The van der Waals surface area contributed by atoms with Crippen molar-refractivity contribution >= 4 is 48.0 Å². The third-order valence-electron chi connectivity index (χ3n) is 4.56. The molecule has 4 aromatic rings. The maximum Gasteiger partial charge on any atom is 0.352 e. The van der Waals surface area contributed by atoms with Crippen LogP contribution in [0, 0.1) is 0 Å². The molecule has 35 heavy (non-hydrogen) atoms. The minimum absolute atomic E-state index is 0.00430. The molecule has 3 N–H and O–H groups in total. The summed E-state index contributed by atoms with van der Waals surface area (Å²) in [5.41, 5.74) is 1.47. The van der Waals surface area contributed by atoms with E-state index in [2.05, 4.69) is 9.97 Å². The van der Waals surface area contributed by atoms with E-state index in [1.165, 1.54) is 30.3 Å². The van der Waals surface area contributed by atoms with Gasteiger partial charge < -0.3 is 15.1 Å². The Bertz CT molecular complexity index is 1570. The molecule has 0 fully saturated rings. The SMILES string of the molecule is CC(C)OS(=O)(=O)c1ccc2[nH]c(C(=O)O)cc2c1.CC(C)OS(=O)(=O)c1ccc2[nH]ccc2c1. The molecule has 10 nitrogen and oxygen atoms in total. The van der Waals surface area contributed by atoms with Crippen LogP contribution in [-0.4, -0.2) is 50.1 Å². The van der Waals surface area contributed by atoms with Gasteiger partial charge in [0.1, 0.15) is 5.69 Å². The number of fused-ring (bicyclic) bond motifs is 2. The molecule has 0 unspecified atom stereocenters. The van der Waals surface area contributed by atoms with Gasteiger partial charge in [0, 0.05) is 28.0 Å². The zero-order valence-electron chi connectivity index (χ0n) is 19.5. The standard InChI is InChI=1S/C12H13NO5S.C11H13NO3S/c1-7(2)18-19(16,17)9-3-4-10-8(5-9)6-11(13-10)12(14)15;1-8(2)15-16(13,14)10-3-4-11-9(7-10)5-6-12-11/h3-7,13H,1-2H3,(H,14,15);3-8,12H,1-2H3. The lowest BCUT2D eigenvalue weighted by atomic mass is 10.2. The second-order valence-electron chi connectivity index (χ2n) is 8.16. The number of benzene rings is 2. The van der Waals surface area contributed by atoms with Gasteiger partial charge in [0.2, 0.25) is 0 Å². The molecule has 0 saturated carbocycles. The van der Waals surface area contributed by atoms with E-state index in [9.17, 15) is 21.6 Å². The smallest absolute Gasteiger partial charge is 0.352 e. The van der Waals surface area contributed by atoms with Crippen LogP contribution in [0.5, 0.6) is 0 Å². The van der Waals surface area contributed by atoms with Crippen LogP contribution in [0.3, 0.4) is 0 Å². The van der Waals surface area contributed by atoms with Gasteiger partial charge in [-0.2, -0.15) is 16.8 Å². The van der Waals surface area contributed by atoms with Gasteiger partial charge in [-0.05, 0) is 76.2 Å². The van der Waals surface area contributed by atoms with Crippen molar-refractivity contribution in [1.29, 1.82) is 0 Å². The number of carboxylic acid groups (broad SMARTS) is 1. The zero-order chi connectivity index (χ0) is 26.0. The highest BCUT2D eigenvalue weighted by molar-refractivity contribution is 7.87. The number of aromatic carboxylic acids is 1. The van der Waals surface area contributed by atoms with E-state index >= 15 is 0 Å². The van der Waals surface area contributed by atoms with Crippen molar-refractivity contribution in [2.24, 2.45) is 0 Å². The van der Waals surface area contributed by atoms with Crippen molar-refractivity contribution in [3.8, 4) is 0 Å². The number of carboxylic acids is 1. The Kier molecular flexibility index (Phi) is 7.70. The summed E-state index contributed by atoms with van der Waals surface area (Å²) in [5.74, 6) is -1.10. The molecule has 2 aromatic heterocycles. The van der Waals surface area contributed by atoms with Crippen LogP contribution in [-0.2, 0) is 28.6 Å². The summed E-state index contributed by atoms with van der Waals surface area (Å²) in [6.07, 6.45) is 0.957. The third-order valence-corrected chi connectivity index (χ3v) is 7.50. The molecule has 0 amide bonds. The van der Waals surface area contributed by atoms with Crippen molar-refractivity contribution < 1.29 is 35.1 Å². The fraction of sp³-hybridized carbons (Fsp3) is 0.261. The van der Waals surface area contributed by atoms with E-state index in [0.717, 1.165) is 10.9 Å². The molecule has 0 atom stereocenters. The van der Waals surface area contributed by atoms with E-state index in [4.69, 9.17) is 13.5 Å². The van der Waals surface area contributed by atoms with Gasteiger partial charge >= 0.3 is 5.97 Å². The van der Waals surface area contributed by atoms with Gasteiger partial charge in [0.25, 0.3) is 20.2 Å². The third kappa shape index (κ3) is 6.48. The number of rotatable bonds is 7. The largest absolute Gasteiger partial charge is 0.477 e. The van der Waals surface area contributed by atoms with Crippen molar-refractivity contribution in [3.05, 3.63) is 60.4 Å². The number of hydrogen-bond donors (Lipinski definition) is 3. The molecule has 0 spiro atoms. The average molecular weight is 523 g/mol. The van der Waals surface area contributed by atoms with E-state index in [1.807, 2.05) is 6.07 Å². The monoisotopic (exact) mass is 522 g/mol. The summed E-state index contributed by atoms with van der Waals surface area (Å²) in [4.78, 5) is 16.7. The van der Waals surface area contributed by atoms with Crippen LogP contribution < -0.4 is 0 Å². The minimum Gasteiger partial charge on any atom is -0.477 e. The number of carbonyl (C=O) groups is 1. The van der Waals surface area contributed by atoms with Gasteiger partial charge in [0.15, 0.2) is 0 Å². The van der Waals surface area contributed by atoms with Gasteiger partial charge in [-0.1, -0.05) is 0 Å². The number of nitrogens with one attached hydrogen (secondary N) is 2. The summed E-state index contributed by atoms with van der Waals surface area (Å²) in [6.45, 7) is 6.61. The molecule has 0 bridgehead atoms. The first-order valence-electron chi connectivity index (χ1n) is 10.6. The van der Waals surface area contributed by atoms with Crippen molar-refractivity contribution in [2.75, 3.05) is 0 Å². The predicted molar refractivity (Wildman–Crippen MR) is 130 cm³/mol. The molecule has 2 aromatic carbocycles. The van der Waals surface area contributed by atoms with E-state index in [-0.39, 0.29) is 21.6 Å². The van der Waals surface area contributed by atoms with Crippen LogP contribution in [0.25, 0.3) is 21.8 Å². The minimum atomic E-state index is -3.82. The molecule has 0 radical (unpaired) electrons. The number of aromatic nitrogens is 2. The topological polar surface area (TPSA) is 156 Å². The Balaban J connectivity index is 0.000000198. The highest BCUT2D eigenvalue weighted by Crippen LogP contribution is 2.22. The molecule has 12 heteroatoms.